The molecule has 98 valence electrons. The SMILES string of the molecule is O=C(NCC1CCCCC1)n1ccc(=O)[nH]c1=O. The Hall–Kier alpha value is -1.85. The fraction of sp³-hybridized carbons (Fsp3) is 0.583. The minimum Gasteiger partial charge on any atom is -0.337 e. The van der Waals surface area contributed by atoms with Crippen molar-refractivity contribution in [3.8, 4) is 0 Å². The lowest BCUT2D eigenvalue weighted by atomic mass is 9.89. The van der Waals surface area contributed by atoms with E-state index < -0.39 is 17.3 Å². The largest absolute Gasteiger partial charge is 0.337 e. The first kappa shape index (κ1) is 12.6. The fourth-order valence-electron chi connectivity index (χ4n) is 2.29. The normalized spacial score (nSPS) is 16.4. The molecular formula is C12H17N3O3. The van der Waals surface area contributed by atoms with Gasteiger partial charge in [0.05, 0.1) is 0 Å². The van der Waals surface area contributed by atoms with Crippen molar-refractivity contribution in [2.45, 2.75) is 32.1 Å². The van der Waals surface area contributed by atoms with E-state index >= 15 is 0 Å². The molecule has 0 radical (unpaired) electrons. The van der Waals surface area contributed by atoms with Gasteiger partial charge in [-0.1, -0.05) is 19.3 Å². The molecule has 0 bridgehead atoms. The van der Waals surface area contributed by atoms with Crippen LogP contribution in [0.25, 0.3) is 0 Å². The minimum absolute atomic E-state index is 0.484. The van der Waals surface area contributed by atoms with Crippen molar-refractivity contribution in [1.82, 2.24) is 14.9 Å². The maximum atomic E-state index is 11.7. The number of H-pyrrole nitrogens is 1. The van der Waals surface area contributed by atoms with E-state index in [2.05, 4.69) is 5.32 Å². The van der Waals surface area contributed by atoms with E-state index in [4.69, 9.17) is 0 Å². The van der Waals surface area contributed by atoms with Gasteiger partial charge in [-0.2, -0.15) is 0 Å². The van der Waals surface area contributed by atoms with Crippen LogP contribution in [0.4, 0.5) is 4.79 Å². The third kappa shape index (κ3) is 3.09. The molecule has 1 aliphatic carbocycles. The first-order valence-corrected chi connectivity index (χ1v) is 6.27. The Morgan fingerprint density at radius 2 is 2.06 bits per heavy atom. The Bertz CT molecular complexity index is 526. The Labute approximate surface area is 104 Å². The zero-order valence-electron chi connectivity index (χ0n) is 10.1. The van der Waals surface area contributed by atoms with Crippen LogP contribution in [0.15, 0.2) is 21.9 Å². The molecular weight excluding hydrogens is 234 g/mol. The molecule has 0 aromatic carbocycles. The van der Waals surface area contributed by atoms with Crippen LogP contribution in [0.5, 0.6) is 0 Å². The molecule has 1 aliphatic rings. The molecule has 2 rings (SSSR count). The second-order valence-corrected chi connectivity index (χ2v) is 4.67. The Morgan fingerprint density at radius 1 is 1.33 bits per heavy atom. The van der Waals surface area contributed by atoms with Crippen LogP contribution in [0.1, 0.15) is 32.1 Å². The highest BCUT2D eigenvalue weighted by atomic mass is 16.2. The Morgan fingerprint density at radius 3 is 2.72 bits per heavy atom. The number of aromatic nitrogens is 2. The Kier molecular flexibility index (Phi) is 3.96. The van der Waals surface area contributed by atoms with Gasteiger partial charge in [-0.3, -0.25) is 9.78 Å². The van der Waals surface area contributed by atoms with E-state index in [0.717, 1.165) is 23.5 Å². The molecule has 1 aromatic heterocycles. The van der Waals surface area contributed by atoms with Crippen molar-refractivity contribution < 1.29 is 4.79 Å². The predicted octanol–water partition coefficient (Wildman–Crippen LogP) is 0.675. The van der Waals surface area contributed by atoms with E-state index in [1.165, 1.54) is 25.5 Å². The molecule has 1 saturated carbocycles. The highest BCUT2D eigenvalue weighted by Crippen LogP contribution is 2.22. The maximum absolute atomic E-state index is 11.7. The van der Waals surface area contributed by atoms with Crippen molar-refractivity contribution in [3.05, 3.63) is 33.1 Å². The van der Waals surface area contributed by atoms with Gasteiger partial charge in [0.2, 0.25) is 0 Å². The summed E-state index contributed by atoms with van der Waals surface area (Å²) in [6.07, 6.45) is 7.13. The molecule has 6 nitrogen and oxygen atoms in total. The molecule has 0 aliphatic heterocycles. The summed E-state index contributed by atoms with van der Waals surface area (Å²) in [5.74, 6) is 0.501. The van der Waals surface area contributed by atoms with Crippen molar-refractivity contribution >= 4 is 6.03 Å². The first-order chi connectivity index (χ1) is 8.66. The summed E-state index contributed by atoms with van der Waals surface area (Å²) < 4.78 is 0.879. The van der Waals surface area contributed by atoms with E-state index in [0.29, 0.717) is 12.5 Å². The summed E-state index contributed by atoms with van der Waals surface area (Å²) >= 11 is 0. The number of carbonyl (C=O) groups is 1. The van der Waals surface area contributed by atoms with E-state index in [-0.39, 0.29) is 0 Å². The van der Waals surface area contributed by atoms with E-state index in [9.17, 15) is 14.4 Å². The van der Waals surface area contributed by atoms with Crippen LogP contribution < -0.4 is 16.6 Å². The van der Waals surface area contributed by atoms with Crippen molar-refractivity contribution in [2.24, 2.45) is 5.92 Å². The molecule has 2 N–H and O–H groups in total. The smallest absolute Gasteiger partial charge is 0.336 e. The second-order valence-electron chi connectivity index (χ2n) is 4.67. The van der Waals surface area contributed by atoms with Crippen molar-refractivity contribution in [2.75, 3.05) is 6.54 Å². The van der Waals surface area contributed by atoms with Gasteiger partial charge in [-0.25, -0.2) is 14.2 Å². The summed E-state index contributed by atoms with van der Waals surface area (Å²) in [7, 11) is 0. The molecule has 1 fully saturated rings. The van der Waals surface area contributed by atoms with Gasteiger partial charge in [0.25, 0.3) is 5.56 Å². The summed E-state index contributed by atoms with van der Waals surface area (Å²) in [6, 6.07) is 0.670. The highest BCUT2D eigenvalue weighted by molar-refractivity contribution is 5.76. The third-order valence-corrected chi connectivity index (χ3v) is 3.31. The van der Waals surface area contributed by atoms with Gasteiger partial charge < -0.3 is 5.32 Å². The number of aromatic amines is 1. The average Bonchev–Trinajstić information content (AvgIpc) is 2.37. The molecule has 0 atom stereocenters. The van der Waals surface area contributed by atoms with Gasteiger partial charge in [-0.15, -0.1) is 0 Å². The molecule has 1 amide bonds. The van der Waals surface area contributed by atoms with Gasteiger partial charge in [0.1, 0.15) is 0 Å². The van der Waals surface area contributed by atoms with Gasteiger partial charge >= 0.3 is 11.7 Å². The number of hydrogen-bond acceptors (Lipinski definition) is 3. The molecule has 1 heterocycles. The fourth-order valence-corrected chi connectivity index (χ4v) is 2.29. The number of carbonyl (C=O) groups excluding carboxylic acids is 1. The summed E-state index contributed by atoms with van der Waals surface area (Å²) in [6.45, 7) is 0.588. The molecule has 1 aromatic rings. The van der Waals surface area contributed by atoms with Gasteiger partial charge in [-0.05, 0) is 18.8 Å². The number of hydrogen-bond donors (Lipinski definition) is 2. The second kappa shape index (κ2) is 5.66. The van der Waals surface area contributed by atoms with Crippen LogP contribution in [0.2, 0.25) is 0 Å². The lowest BCUT2D eigenvalue weighted by Crippen LogP contribution is -2.41. The molecule has 0 unspecified atom stereocenters. The van der Waals surface area contributed by atoms with Gasteiger partial charge in [0.15, 0.2) is 0 Å². The van der Waals surface area contributed by atoms with Gasteiger partial charge in [0, 0.05) is 18.8 Å². The van der Waals surface area contributed by atoms with Crippen LogP contribution >= 0.6 is 0 Å². The standard InChI is InChI=1S/C12H17N3O3/c16-10-6-7-15(12(18)14-10)11(17)13-8-9-4-2-1-3-5-9/h6-7,9H,1-5,8H2,(H,13,17)(H,14,16,18). The predicted molar refractivity (Wildman–Crippen MR) is 66.7 cm³/mol. The van der Waals surface area contributed by atoms with Crippen LogP contribution in [0.3, 0.4) is 0 Å². The zero-order chi connectivity index (χ0) is 13.0. The number of nitrogens with one attached hydrogen (secondary N) is 2. The molecule has 0 spiro atoms. The molecule has 0 saturated heterocycles. The van der Waals surface area contributed by atoms with Crippen molar-refractivity contribution in [1.29, 1.82) is 0 Å². The van der Waals surface area contributed by atoms with Crippen LogP contribution in [-0.4, -0.2) is 22.1 Å². The minimum atomic E-state index is -0.705. The van der Waals surface area contributed by atoms with E-state index in [1.807, 2.05) is 4.98 Å². The quantitative estimate of drug-likeness (QED) is 0.810. The lowest BCUT2D eigenvalue weighted by Gasteiger charge is -2.21. The monoisotopic (exact) mass is 251 g/mol. The number of amides is 1. The van der Waals surface area contributed by atoms with Crippen LogP contribution in [0, 0.1) is 5.92 Å². The topological polar surface area (TPSA) is 84.0 Å². The zero-order valence-corrected chi connectivity index (χ0v) is 10.1. The van der Waals surface area contributed by atoms with Crippen LogP contribution in [-0.2, 0) is 0 Å². The maximum Gasteiger partial charge on any atom is 0.336 e. The lowest BCUT2D eigenvalue weighted by molar-refractivity contribution is 0.236. The highest BCUT2D eigenvalue weighted by Gasteiger charge is 2.15. The average molecular weight is 251 g/mol. The summed E-state index contributed by atoms with van der Waals surface area (Å²) in [5, 5.41) is 2.73. The Balaban J connectivity index is 1.95. The summed E-state index contributed by atoms with van der Waals surface area (Å²) in [4.78, 5) is 36.0. The summed E-state index contributed by atoms with van der Waals surface area (Å²) in [5.41, 5.74) is -1.21. The number of rotatable bonds is 2. The third-order valence-electron chi connectivity index (χ3n) is 3.31. The van der Waals surface area contributed by atoms with Crippen molar-refractivity contribution in [3.63, 3.8) is 0 Å². The molecule has 18 heavy (non-hydrogen) atoms. The molecule has 6 heteroatoms. The number of nitrogens with zero attached hydrogens (tertiary/aromatic N) is 1. The first-order valence-electron chi connectivity index (χ1n) is 6.27. The van der Waals surface area contributed by atoms with E-state index in [1.54, 1.807) is 0 Å².